The van der Waals surface area contributed by atoms with E-state index in [9.17, 15) is 14.7 Å². The molecular formula is C20H27NO4. The number of rotatable bonds is 3. The summed E-state index contributed by atoms with van der Waals surface area (Å²) in [6.45, 7) is 5.28. The van der Waals surface area contributed by atoms with Gasteiger partial charge < -0.3 is 14.7 Å². The zero-order chi connectivity index (χ0) is 18.0. The molecule has 5 nitrogen and oxygen atoms in total. The fourth-order valence-corrected chi connectivity index (χ4v) is 4.69. The van der Waals surface area contributed by atoms with Crippen LogP contribution in [-0.4, -0.2) is 35.2 Å². The van der Waals surface area contributed by atoms with Gasteiger partial charge in [0.05, 0.1) is 5.92 Å². The lowest BCUT2D eigenvalue weighted by molar-refractivity contribution is -0.147. The zero-order valence-electron chi connectivity index (χ0n) is 15.0. The van der Waals surface area contributed by atoms with E-state index < -0.39 is 18.0 Å². The Balaban J connectivity index is 1.71. The van der Waals surface area contributed by atoms with Crippen LogP contribution in [0.25, 0.3) is 0 Å². The summed E-state index contributed by atoms with van der Waals surface area (Å²) in [6, 6.07) is 9.53. The molecule has 1 aromatic rings. The highest BCUT2D eigenvalue weighted by atomic mass is 16.6. The Morgan fingerprint density at radius 3 is 2.64 bits per heavy atom. The molecule has 2 fully saturated rings. The SMILES string of the molecule is CC1CCC(C)C2(C1)CN(C(=O)OCc1ccccc1)CC2C(=O)O. The van der Waals surface area contributed by atoms with E-state index in [1.807, 2.05) is 30.3 Å². The summed E-state index contributed by atoms with van der Waals surface area (Å²) < 4.78 is 5.43. The molecule has 4 atom stereocenters. The van der Waals surface area contributed by atoms with E-state index in [0.717, 1.165) is 24.8 Å². The number of hydrogen-bond donors (Lipinski definition) is 1. The summed E-state index contributed by atoms with van der Waals surface area (Å²) in [7, 11) is 0. The molecule has 5 heteroatoms. The molecule has 1 saturated carbocycles. The normalized spacial score (nSPS) is 31.9. The smallest absolute Gasteiger partial charge is 0.410 e. The van der Waals surface area contributed by atoms with Gasteiger partial charge in [0.1, 0.15) is 6.61 Å². The lowest BCUT2D eigenvalue weighted by atomic mass is 9.59. The second kappa shape index (κ2) is 7.06. The van der Waals surface area contributed by atoms with E-state index in [1.165, 1.54) is 0 Å². The van der Waals surface area contributed by atoms with Crippen LogP contribution in [0.4, 0.5) is 4.79 Å². The predicted molar refractivity (Wildman–Crippen MR) is 93.9 cm³/mol. The number of benzene rings is 1. The molecule has 1 spiro atoms. The number of nitrogens with zero attached hydrogens (tertiary/aromatic N) is 1. The van der Waals surface area contributed by atoms with Gasteiger partial charge in [0, 0.05) is 18.5 Å². The monoisotopic (exact) mass is 345 g/mol. The predicted octanol–water partition coefficient (Wildman–Crippen LogP) is 3.78. The van der Waals surface area contributed by atoms with E-state index >= 15 is 0 Å². The Bertz CT molecular complexity index is 632. The molecule has 1 aliphatic carbocycles. The molecule has 136 valence electrons. The highest BCUT2D eigenvalue weighted by Crippen LogP contribution is 2.52. The Morgan fingerprint density at radius 2 is 1.96 bits per heavy atom. The summed E-state index contributed by atoms with van der Waals surface area (Å²) in [5.74, 6) is -0.496. The van der Waals surface area contributed by atoms with Gasteiger partial charge in [-0.25, -0.2) is 4.79 Å². The van der Waals surface area contributed by atoms with Gasteiger partial charge in [-0.15, -0.1) is 0 Å². The number of carbonyl (C=O) groups is 2. The van der Waals surface area contributed by atoms with Gasteiger partial charge in [-0.3, -0.25) is 4.79 Å². The third-order valence-corrected chi connectivity index (χ3v) is 6.15. The second-order valence-electron chi connectivity index (χ2n) is 7.83. The molecule has 25 heavy (non-hydrogen) atoms. The largest absolute Gasteiger partial charge is 0.481 e. The number of likely N-dealkylation sites (tertiary alicyclic amines) is 1. The van der Waals surface area contributed by atoms with Crippen molar-refractivity contribution in [1.29, 1.82) is 0 Å². The first-order valence-corrected chi connectivity index (χ1v) is 9.11. The highest BCUT2D eigenvalue weighted by Gasteiger charge is 2.56. The Kier molecular flexibility index (Phi) is 5.02. The van der Waals surface area contributed by atoms with Crippen LogP contribution < -0.4 is 0 Å². The third-order valence-electron chi connectivity index (χ3n) is 6.15. The van der Waals surface area contributed by atoms with E-state index in [2.05, 4.69) is 13.8 Å². The molecule has 1 N–H and O–H groups in total. The van der Waals surface area contributed by atoms with Crippen LogP contribution in [0.2, 0.25) is 0 Å². The fourth-order valence-electron chi connectivity index (χ4n) is 4.69. The van der Waals surface area contributed by atoms with Crippen molar-refractivity contribution in [3.63, 3.8) is 0 Å². The molecule has 0 radical (unpaired) electrons. The van der Waals surface area contributed by atoms with Crippen LogP contribution in [0.1, 0.15) is 38.7 Å². The van der Waals surface area contributed by atoms with Crippen molar-refractivity contribution < 1.29 is 19.4 Å². The minimum absolute atomic E-state index is 0.215. The lowest BCUT2D eigenvalue weighted by Gasteiger charge is -2.44. The van der Waals surface area contributed by atoms with Crippen molar-refractivity contribution in [3.05, 3.63) is 35.9 Å². The van der Waals surface area contributed by atoms with Gasteiger partial charge in [-0.1, -0.05) is 50.6 Å². The van der Waals surface area contributed by atoms with Gasteiger partial charge in [-0.2, -0.15) is 0 Å². The Morgan fingerprint density at radius 1 is 1.24 bits per heavy atom. The van der Waals surface area contributed by atoms with Gasteiger partial charge >= 0.3 is 12.1 Å². The molecule has 1 amide bonds. The number of carboxylic acids is 1. The summed E-state index contributed by atoms with van der Waals surface area (Å²) in [6.07, 6.45) is 2.62. The van der Waals surface area contributed by atoms with E-state index in [4.69, 9.17) is 4.74 Å². The van der Waals surface area contributed by atoms with E-state index in [-0.39, 0.29) is 18.6 Å². The van der Waals surface area contributed by atoms with Crippen molar-refractivity contribution >= 4 is 12.1 Å². The standard InChI is InChI=1S/C20H27NO4/c1-14-8-9-15(2)20(10-14)13-21(11-17(20)18(22)23)19(24)25-12-16-6-4-3-5-7-16/h3-7,14-15,17H,8-13H2,1-2H3,(H,22,23). The number of amides is 1. The number of hydrogen-bond acceptors (Lipinski definition) is 3. The van der Waals surface area contributed by atoms with Gasteiger partial charge in [0.25, 0.3) is 0 Å². The number of aliphatic carboxylic acids is 1. The maximum absolute atomic E-state index is 12.5. The quantitative estimate of drug-likeness (QED) is 0.905. The first kappa shape index (κ1) is 17.8. The summed E-state index contributed by atoms with van der Waals surface area (Å²) in [5.41, 5.74) is 0.606. The lowest BCUT2D eigenvalue weighted by Crippen LogP contribution is -2.44. The molecule has 0 aromatic heterocycles. The minimum Gasteiger partial charge on any atom is -0.481 e. The molecule has 4 unspecified atom stereocenters. The van der Waals surface area contributed by atoms with Crippen molar-refractivity contribution in [2.45, 2.75) is 39.7 Å². The van der Waals surface area contributed by atoms with Gasteiger partial charge in [0.2, 0.25) is 0 Å². The van der Waals surface area contributed by atoms with E-state index in [1.54, 1.807) is 4.90 Å². The Labute approximate surface area is 149 Å². The highest BCUT2D eigenvalue weighted by molar-refractivity contribution is 5.75. The molecule has 0 bridgehead atoms. The summed E-state index contributed by atoms with van der Waals surface area (Å²) >= 11 is 0. The molecule has 1 heterocycles. The third kappa shape index (κ3) is 3.51. The first-order chi connectivity index (χ1) is 11.9. The van der Waals surface area contributed by atoms with Crippen LogP contribution in [0.15, 0.2) is 30.3 Å². The molecule has 1 saturated heterocycles. The van der Waals surface area contributed by atoms with Crippen molar-refractivity contribution in [3.8, 4) is 0 Å². The minimum atomic E-state index is -0.792. The van der Waals surface area contributed by atoms with Crippen molar-refractivity contribution in [2.75, 3.05) is 13.1 Å². The number of ether oxygens (including phenoxy) is 1. The van der Waals surface area contributed by atoms with Gasteiger partial charge in [-0.05, 0) is 30.2 Å². The van der Waals surface area contributed by atoms with Crippen LogP contribution >= 0.6 is 0 Å². The van der Waals surface area contributed by atoms with Crippen LogP contribution in [0.5, 0.6) is 0 Å². The average molecular weight is 345 g/mol. The zero-order valence-corrected chi connectivity index (χ0v) is 15.0. The molecule has 3 rings (SSSR count). The van der Waals surface area contributed by atoms with E-state index in [0.29, 0.717) is 18.4 Å². The van der Waals surface area contributed by atoms with Crippen LogP contribution in [-0.2, 0) is 16.1 Å². The van der Waals surface area contributed by atoms with Crippen molar-refractivity contribution in [2.24, 2.45) is 23.2 Å². The molecule has 1 aromatic carbocycles. The average Bonchev–Trinajstić information content (AvgIpc) is 2.98. The summed E-state index contributed by atoms with van der Waals surface area (Å²) in [5, 5.41) is 9.76. The maximum Gasteiger partial charge on any atom is 0.410 e. The maximum atomic E-state index is 12.5. The first-order valence-electron chi connectivity index (χ1n) is 9.11. The molecule has 2 aliphatic rings. The topological polar surface area (TPSA) is 66.8 Å². The van der Waals surface area contributed by atoms with Gasteiger partial charge in [0.15, 0.2) is 0 Å². The number of carboxylic acid groups (broad SMARTS) is 1. The fraction of sp³-hybridized carbons (Fsp3) is 0.600. The second-order valence-corrected chi connectivity index (χ2v) is 7.83. The molecule has 1 aliphatic heterocycles. The van der Waals surface area contributed by atoms with Crippen molar-refractivity contribution in [1.82, 2.24) is 4.90 Å². The van der Waals surface area contributed by atoms with Crippen LogP contribution in [0.3, 0.4) is 0 Å². The summed E-state index contributed by atoms with van der Waals surface area (Å²) in [4.78, 5) is 26.0. The number of carbonyl (C=O) groups excluding carboxylic acids is 1. The van der Waals surface area contributed by atoms with Crippen LogP contribution in [0, 0.1) is 23.2 Å². The molecular weight excluding hydrogens is 318 g/mol. The Hall–Kier alpha value is -2.04.